The molecule has 0 radical (unpaired) electrons. The van der Waals surface area contributed by atoms with Gasteiger partial charge in [-0.15, -0.1) is 0 Å². The fourth-order valence-electron chi connectivity index (χ4n) is 1.42. The average molecular weight is 312 g/mol. The lowest BCUT2D eigenvalue weighted by atomic mass is 9.92. The Balaban J connectivity index is 3.65. The zero-order valence-electron chi connectivity index (χ0n) is 13.2. The van der Waals surface area contributed by atoms with Crippen molar-refractivity contribution in [2.45, 2.75) is 40.5 Å². The summed E-state index contributed by atoms with van der Waals surface area (Å²) in [5, 5.41) is 5.22. The van der Waals surface area contributed by atoms with Crippen LogP contribution in [0, 0.1) is 17.3 Å². The van der Waals surface area contributed by atoms with Crippen molar-refractivity contribution in [2.24, 2.45) is 5.41 Å². The summed E-state index contributed by atoms with van der Waals surface area (Å²) in [6.45, 7) is 8.31. The van der Waals surface area contributed by atoms with Crippen LogP contribution in [0.1, 0.15) is 40.5 Å². The van der Waals surface area contributed by atoms with E-state index in [-0.39, 0.29) is 28.8 Å². The summed E-state index contributed by atoms with van der Waals surface area (Å²) in [7, 11) is 0. The zero-order chi connectivity index (χ0) is 16.3. The highest BCUT2D eigenvalue weighted by molar-refractivity contribution is 8.14. The maximum absolute atomic E-state index is 11.5. The number of carbonyl (C=O) groups is 3. The second-order valence-electron chi connectivity index (χ2n) is 5.70. The van der Waals surface area contributed by atoms with E-state index in [0.29, 0.717) is 25.3 Å². The fourth-order valence-corrected chi connectivity index (χ4v) is 1.98. The Labute approximate surface area is 131 Å². The molecule has 118 valence electrons. The Morgan fingerprint density at radius 1 is 1.05 bits per heavy atom. The van der Waals surface area contributed by atoms with Crippen molar-refractivity contribution in [3.8, 4) is 11.8 Å². The molecule has 2 N–H and O–H groups in total. The first-order valence-corrected chi connectivity index (χ1v) is 7.86. The van der Waals surface area contributed by atoms with Crippen LogP contribution < -0.4 is 10.6 Å². The summed E-state index contributed by atoms with van der Waals surface area (Å²) in [5.74, 6) is 5.25. The lowest BCUT2D eigenvalue weighted by Gasteiger charge is -2.17. The first-order valence-electron chi connectivity index (χ1n) is 6.87. The second-order valence-corrected chi connectivity index (χ2v) is 6.77. The highest BCUT2D eigenvalue weighted by atomic mass is 32.2. The molecule has 0 bridgehead atoms. The lowest BCUT2D eigenvalue weighted by molar-refractivity contribution is -0.123. The summed E-state index contributed by atoms with van der Waals surface area (Å²) < 4.78 is 0. The molecular weight excluding hydrogens is 288 g/mol. The smallest absolute Gasteiger partial charge is 0.262 e. The molecule has 5 nitrogen and oxygen atoms in total. The molecule has 6 heteroatoms. The minimum Gasteiger partial charge on any atom is -0.356 e. The van der Waals surface area contributed by atoms with Gasteiger partial charge in [-0.05, 0) is 18.3 Å². The molecule has 0 saturated heterocycles. The topological polar surface area (TPSA) is 75.3 Å². The number of rotatable bonds is 7. The first-order chi connectivity index (χ1) is 9.74. The predicted octanol–water partition coefficient (Wildman–Crippen LogP) is 1.33. The molecule has 0 aliphatic heterocycles. The van der Waals surface area contributed by atoms with E-state index in [1.165, 1.54) is 0 Å². The van der Waals surface area contributed by atoms with E-state index in [1.807, 2.05) is 20.8 Å². The molecule has 0 aromatic heterocycles. The summed E-state index contributed by atoms with van der Waals surface area (Å²) >= 11 is 1.08. The molecule has 0 aromatic rings. The van der Waals surface area contributed by atoms with Crippen molar-refractivity contribution >= 4 is 28.7 Å². The normalized spacial score (nSPS) is 10.3. The second kappa shape index (κ2) is 10.3. The van der Waals surface area contributed by atoms with Gasteiger partial charge in [-0.3, -0.25) is 14.4 Å². The average Bonchev–Trinajstić information content (AvgIpc) is 2.32. The molecule has 0 unspecified atom stereocenters. The lowest BCUT2D eigenvalue weighted by Crippen LogP contribution is -2.33. The molecule has 2 amide bonds. The molecule has 0 aliphatic carbocycles. The third-order valence-electron chi connectivity index (χ3n) is 2.25. The van der Waals surface area contributed by atoms with E-state index in [1.54, 1.807) is 6.92 Å². The maximum atomic E-state index is 11.5. The quantitative estimate of drug-likeness (QED) is 0.549. The maximum Gasteiger partial charge on any atom is 0.262 e. The molecule has 21 heavy (non-hydrogen) atoms. The SMILES string of the molecule is CC#CC(=O)SCCNC(=O)CCNC(=O)CC(C)(C)C. The van der Waals surface area contributed by atoms with Crippen LogP contribution in [-0.4, -0.2) is 35.8 Å². The highest BCUT2D eigenvalue weighted by Gasteiger charge is 2.15. The Morgan fingerprint density at radius 2 is 1.67 bits per heavy atom. The zero-order valence-corrected chi connectivity index (χ0v) is 14.0. The van der Waals surface area contributed by atoms with E-state index in [2.05, 4.69) is 22.5 Å². The Hall–Kier alpha value is -1.48. The third kappa shape index (κ3) is 13.3. The Morgan fingerprint density at radius 3 is 2.24 bits per heavy atom. The summed E-state index contributed by atoms with van der Waals surface area (Å²) in [4.78, 5) is 34.1. The molecule has 0 spiro atoms. The summed E-state index contributed by atoms with van der Waals surface area (Å²) in [5.41, 5.74) is -0.0581. The highest BCUT2D eigenvalue weighted by Crippen LogP contribution is 2.17. The molecule has 0 heterocycles. The number of hydrogen-bond donors (Lipinski definition) is 2. The van der Waals surface area contributed by atoms with Crippen LogP contribution in [0.5, 0.6) is 0 Å². The van der Waals surface area contributed by atoms with Crippen LogP contribution in [0.15, 0.2) is 0 Å². The minimum atomic E-state index is -0.193. The number of hydrogen-bond acceptors (Lipinski definition) is 4. The fraction of sp³-hybridized carbons (Fsp3) is 0.667. The summed E-state index contributed by atoms with van der Waals surface area (Å²) in [6, 6.07) is 0. The van der Waals surface area contributed by atoms with Crippen molar-refractivity contribution in [3.63, 3.8) is 0 Å². The van der Waals surface area contributed by atoms with Crippen LogP contribution in [0.2, 0.25) is 0 Å². The summed E-state index contributed by atoms with van der Waals surface area (Å²) in [6.07, 6.45) is 0.676. The van der Waals surface area contributed by atoms with Gasteiger partial charge < -0.3 is 10.6 Å². The van der Waals surface area contributed by atoms with Crippen LogP contribution in [-0.2, 0) is 14.4 Å². The molecule has 0 atom stereocenters. The van der Waals surface area contributed by atoms with Crippen molar-refractivity contribution in [2.75, 3.05) is 18.8 Å². The molecule has 0 aromatic carbocycles. The van der Waals surface area contributed by atoms with Crippen LogP contribution >= 0.6 is 11.8 Å². The van der Waals surface area contributed by atoms with E-state index < -0.39 is 0 Å². The van der Waals surface area contributed by atoms with Gasteiger partial charge in [0.05, 0.1) is 0 Å². The van der Waals surface area contributed by atoms with E-state index in [9.17, 15) is 14.4 Å². The number of amides is 2. The van der Waals surface area contributed by atoms with E-state index in [0.717, 1.165) is 11.8 Å². The van der Waals surface area contributed by atoms with Gasteiger partial charge in [0.25, 0.3) is 5.12 Å². The minimum absolute atomic E-state index is 0.0467. The molecule has 0 aliphatic rings. The van der Waals surface area contributed by atoms with Gasteiger partial charge in [-0.25, -0.2) is 0 Å². The van der Waals surface area contributed by atoms with E-state index >= 15 is 0 Å². The van der Waals surface area contributed by atoms with Crippen LogP contribution in [0.4, 0.5) is 0 Å². The van der Waals surface area contributed by atoms with Crippen LogP contribution in [0.25, 0.3) is 0 Å². The van der Waals surface area contributed by atoms with Crippen molar-refractivity contribution in [3.05, 3.63) is 0 Å². The van der Waals surface area contributed by atoms with Gasteiger partial charge in [-0.1, -0.05) is 38.5 Å². The van der Waals surface area contributed by atoms with Gasteiger partial charge in [-0.2, -0.15) is 0 Å². The Kier molecular flexibility index (Phi) is 9.55. The molecule has 0 saturated carbocycles. The standard InChI is InChI=1S/C15H24N2O3S/c1-5-6-14(20)21-10-9-17-12(18)7-8-16-13(19)11-15(2,3)4/h7-11H2,1-4H3,(H,16,19)(H,17,18). The first kappa shape index (κ1) is 19.5. The van der Waals surface area contributed by atoms with E-state index in [4.69, 9.17) is 0 Å². The monoisotopic (exact) mass is 312 g/mol. The number of carbonyl (C=O) groups excluding carboxylic acids is 3. The number of thioether (sulfide) groups is 1. The van der Waals surface area contributed by atoms with Crippen LogP contribution in [0.3, 0.4) is 0 Å². The van der Waals surface area contributed by atoms with Crippen molar-refractivity contribution < 1.29 is 14.4 Å². The van der Waals surface area contributed by atoms with Gasteiger partial charge in [0.2, 0.25) is 11.8 Å². The third-order valence-corrected chi connectivity index (χ3v) is 3.02. The van der Waals surface area contributed by atoms with Gasteiger partial charge >= 0.3 is 0 Å². The van der Waals surface area contributed by atoms with Crippen molar-refractivity contribution in [1.29, 1.82) is 0 Å². The van der Waals surface area contributed by atoms with Gasteiger partial charge in [0.1, 0.15) is 0 Å². The van der Waals surface area contributed by atoms with Crippen molar-refractivity contribution in [1.82, 2.24) is 10.6 Å². The Bertz CT molecular complexity index is 430. The predicted molar refractivity (Wildman–Crippen MR) is 85.6 cm³/mol. The molecule has 0 fully saturated rings. The molecule has 0 rings (SSSR count). The van der Waals surface area contributed by atoms with Gasteiger partial charge in [0, 0.05) is 31.7 Å². The number of nitrogens with one attached hydrogen (secondary N) is 2. The molecular formula is C15H24N2O3S. The largest absolute Gasteiger partial charge is 0.356 e. The van der Waals surface area contributed by atoms with Gasteiger partial charge in [0.15, 0.2) is 0 Å².